The smallest absolute Gasteiger partial charge is 0.0384 e. The maximum atomic E-state index is 4.02. The van der Waals surface area contributed by atoms with E-state index in [2.05, 4.69) is 11.1 Å². The Hall–Kier alpha value is -0.500. The van der Waals surface area contributed by atoms with E-state index < -0.39 is 0 Å². The average Bonchev–Trinajstić information content (AvgIpc) is 1.88. The van der Waals surface area contributed by atoms with Gasteiger partial charge in [0.05, 0.1) is 0 Å². The van der Waals surface area contributed by atoms with Gasteiger partial charge in [-0.3, -0.25) is 4.98 Å². The van der Waals surface area contributed by atoms with Gasteiger partial charge < -0.3 is 0 Å². The minimum atomic E-state index is 1.05. The maximum Gasteiger partial charge on any atom is 0.0384 e. The van der Waals surface area contributed by atoms with Gasteiger partial charge in [0.15, 0.2) is 0 Å². The second-order valence-electron chi connectivity index (χ2n) is 1.76. The fourth-order valence-corrected chi connectivity index (χ4v) is 1.04. The van der Waals surface area contributed by atoms with Crippen LogP contribution in [-0.2, 0) is 0 Å². The summed E-state index contributed by atoms with van der Waals surface area (Å²) in [6.45, 7) is 1.98. The van der Waals surface area contributed by atoms with Gasteiger partial charge in [-0.15, -0.1) is 11.8 Å². The van der Waals surface area contributed by atoms with E-state index in [4.69, 9.17) is 0 Å². The first kappa shape index (κ1) is 6.62. The van der Waals surface area contributed by atoms with Crippen molar-refractivity contribution in [3.8, 4) is 0 Å². The SMILES string of the molecule is CSc1[c]cnc(C)c1. The van der Waals surface area contributed by atoms with Crippen LogP contribution in [0.4, 0.5) is 0 Å². The van der Waals surface area contributed by atoms with Crippen LogP contribution in [-0.4, -0.2) is 11.2 Å². The molecule has 1 aromatic heterocycles. The Kier molecular flexibility index (Phi) is 2.11. The molecule has 0 spiro atoms. The van der Waals surface area contributed by atoms with Crippen LogP contribution in [0.3, 0.4) is 0 Å². The molecule has 47 valence electrons. The Labute approximate surface area is 59.5 Å². The number of aromatic nitrogens is 1. The van der Waals surface area contributed by atoms with E-state index in [-0.39, 0.29) is 0 Å². The molecular formula is C7H8NS. The molecule has 1 heterocycles. The molecule has 9 heavy (non-hydrogen) atoms. The molecule has 1 aromatic rings. The van der Waals surface area contributed by atoms with Crippen molar-refractivity contribution in [3.05, 3.63) is 24.0 Å². The molecule has 1 radical (unpaired) electrons. The molecule has 0 unspecified atom stereocenters. The van der Waals surface area contributed by atoms with Crippen molar-refractivity contribution < 1.29 is 0 Å². The zero-order chi connectivity index (χ0) is 6.69. The zero-order valence-electron chi connectivity index (χ0n) is 5.51. The molecule has 0 aliphatic rings. The topological polar surface area (TPSA) is 12.9 Å². The molecular weight excluding hydrogens is 130 g/mol. The van der Waals surface area contributed by atoms with Gasteiger partial charge in [0, 0.05) is 22.9 Å². The molecule has 0 N–H and O–H groups in total. The highest BCUT2D eigenvalue weighted by atomic mass is 32.2. The lowest BCUT2D eigenvalue weighted by molar-refractivity contribution is 1.15. The van der Waals surface area contributed by atoms with E-state index >= 15 is 0 Å². The van der Waals surface area contributed by atoms with Crippen molar-refractivity contribution in [2.24, 2.45) is 0 Å². The second-order valence-corrected chi connectivity index (χ2v) is 2.60. The standard InChI is InChI=1S/C7H8NS/c1-6-5-7(9-2)3-4-8-6/h4-5H,1-2H3. The van der Waals surface area contributed by atoms with Crippen molar-refractivity contribution >= 4 is 11.8 Å². The van der Waals surface area contributed by atoms with Crippen LogP contribution in [0.15, 0.2) is 17.2 Å². The van der Waals surface area contributed by atoms with Crippen LogP contribution in [0.2, 0.25) is 0 Å². The summed E-state index contributed by atoms with van der Waals surface area (Å²) in [6, 6.07) is 5.03. The van der Waals surface area contributed by atoms with Gasteiger partial charge in [0.2, 0.25) is 0 Å². The Balaban J connectivity index is 2.94. The van der Waals surface area contributed by atoms with Crippen LogP contribution >= 0.6 is 11.8 Å². The molecule has 0 aromatic carbocycles. The van der Waals surface area contributed by atoms with Gasteiger partial charge in [-0.2, -0.15) is 0 Å². The molecule has 0 saturated heterocycles. The lowest BCUT2D eigenvalue weighted by Crippen LogP contribution is -1.78. The molecule has 2 heteroatoms. The largest absolute Gasteiger partial charge is 0.261 e. The zero-order valence-corrected chi connectivity index (χ0v) is 6.33. The summed E-state index contributed by atoms with van der Waals surface area (Å²) in [5.74, 6) is 0. The Morgan fingerprint density at radius 1 is 1.67 bits per heavy atom. The van der Waals surface area contributed by atoms with Crippen LogP contribution in [0.25, 0.3) is 0 Å². The first-order valence-electron chi connectivity index (χ1n) is 2.71. The van der Waals surface area contributed by atoms with E-state index in [1.807, 2.05) is 19.2 Å². The highest BCUT2D eigenvalue weighted by Crippen LogP contribution is 2.12. The van der Waals surface area contributed by atoms with Crippen LogP contribution in [0.5, 0.6) is 0 Å². The Bertz CT molecular complexity index is 198. The van der Waals surface area contributed by atoms with Gasteiger partial charge in [-0.05, 0) is 19.2 Å². The van der Waals surface area contributed by atoms with E-state index in [1.165, 1.54) is 0 Å². The second kappa shape index (κ2) is 2.87. The van der Waals surface area contributed by atoms with Crippen LogP contribution < -0.4 is 0 Å². The molecule has 0 amide bonds. The van der Waals surface area contributed by atoms with E-state index in [1.54, 1.807) is 18.0 Å². The minimum absolute atomic E-state index is 1.05. The molecule has 1 nitrogen and oxygen atoms in total. The number of rotatable bonds is 1. The van der Waals surface area contributed by atoms with Gasteiger partial charge >= 0.3 is 0 Å². The van der Waals surface area contributed by atoms with Crippen LogP contribution in [0, 0.1) is 13.0 Å². The fourth-order valence-electron chi connectivity index (χ4n) is 0.584. The lowest BCUT2D eigenvalue weighted by Gasteiger charge is -1.93. The molecule has 0 saturated carbocycles. The van der Waals surface area contributed by atoms with Crippen molar-refractivity contribution in [3.63, 3.8) is 0 Å². The summed E-state index contributed by atoms with van der Waals surface area (Å²) >= 11 is 1.69. The third-order valence-electron chi connectivity index (χ3n) is 1.03. The predicted molar refractivity (Wildman–Crippen MR) is 39.6 cm³/mol. The summed E-state index contributed by atoms with van der Waals surface area (Å²) < 4.78 is 0. The number of hydrogen-bond acceptors (Lipinski definition) is 2. The molecule has 0 fully saturated rings. The van der Waals surface area contributed by atoms with Crippen molar-refractivity contribution in [2.75, 3.05) is 6.26 Å². The highest BCUT2D eigenvalue weighted by molar-refractivity contribution is 7.98. The fraction of sp³-hybridized carbons (Fsp3) is 0.286. The van der Waals surface area contributed by atoms with Crippen molar-refractivity contribution in [1.29, 1.82) is 0 Å². The Morgan fingerprint density at radius 2 is 2.44 bits per heavy atom. The van der Waals surface area contributed by atoms with Gasteiger partial charge in [-0.1, -0.05) is 0 Å². The number of nitrogens with zero attached hydrogens (tertiary/aromatic N) is 1. The Morgan fingerprint density at radius 3 is 2.89 bits per heavy atom. The normalized spacial score (nSPS) is 9.56. The van der Waals surface area contributed by atoms with E-state index in [0.29, 0.717) is 0 Å². The summed E-state index contributed by atoms with van der Waals surface area (Å²) in [5, 5.41) is 0. The first-order chi connectivity index (χ1) is 4.33. The quantitative estimate of drug-likeness (QED) is 0.550. The number of thioether (sulfide) groups is 1. The van der Waals surface area contributed by atoms with E-state index in [9.17, 15) is 0 Å². The minimum Gasteiger partial charge on any atom is -0.261 e. The third kappa shape index (κ3) is 1.72. The first-order valence-corrected chi connectivity index (χ1v) is 3.93. The van der Waals surface area contributed by atoms with Gasteiger partial charge in [0.1, 0.15) is 0 Å². The monoisotopic (exact) mass is 138 g/mol. The van der Waals surface area contributed by atoms with Crippen molar-refractivity contribution in [2.45, 2.75) is 11.8 Å². The van der Waals surface area contributed by atoms with Crippen LogP contribution in [0.1, 0.15) is 5.69 Å². The molecule has 0 aliphatic heterocycles. The third-order valence-corrected chi connectivity index (χ3v) is 1.71. The summed E-state index contributed by atoms with van der Waals surface area (Å²) in [7, 11) is 0. The molecule has 0 atom stereocenters. The molecule has 0 aliphatic carbocycles. The predicted octanol–water partition coefficient (Wildman–Crippen LogP) is 1.91. The molecule has 1 rings (SSSR count). The lowest BCUT2D eigenvalue weighted by atomic mass is 10.4. The van der Waals surface area contributed by atoms with Gasteiger partial charge in [-0.25, -0.2) is 0 Å². The average molecular weight is 138 g/mol. The number of aryl methyl sites for hydroxylation is 1. The number of hydrogen-bond donors (Lipinski definition) is 0. The maximum absolute atomic E-state index is 4.02. The summed E-state index contributed by atoms with van der Waals surface area (Å²) in [6.07, 6.45) is 3.74. The summed E-state index contributed by atoms with van der Waals surface area (Å²) in [5.41, 5.74) is 1.05. The molecule has 0 bridgehead atoms. The van der Waals surface area contributed by atoms with Gasteiger partial charge in [0.25, 0.3) is 0 Å². The van der Waals surface area contributed by atoms with Crippen molar-refractivity contribution in [1.82, 2.24) is 4.98 Å². The highest BCUT2D eigenvalue weighted by Gasteiger charge is 1.88. The van der Waals surface area contributed by atoms with E-state index in [0.717, 1.165) is 10.6 Å². The summed E-state index contributed by atoms with van der Waals surface area (Å²) in [4.78, 5) is 5.17. The number of pyridine rings is 1.